The number of hydrogen-bond donors (Lipinski definition) is 0. The molecule has 0 amide bonds. The molecule has 15 heavy (non-hydrogen) atoms. The Balaban J connectivity index is 0. The van der Waals surface area contributed by atoms with Gasteiger partial charge in [0.15, 0.2) is 0 Å². The van der Waals surface area contributed by atoms with Gasteiger partial charge in [0.25, 0.3) is 0 Å². The van der Waals surface area contributed by atoms with E-state index < -0.39 is 0 Å². The summed E-state index contributed by atoms with van der Waals surface area (Å²) in [5.41, 5.74) is 1.30. The van der Waals surface area contributed by atoms with E-state index in [4.69, 9.17) is 4.74 Å². The predicted molar refractivity (Wildman–Crippen MR) is 69.5 cm³/mol. The van der Waals surface area contributed by atoms with Crippen LogP contribution in [0, 0.1) is 5.92 Å². The number of ether oxygens (including phenoxy) is 1. The summed E-state index contributed by atoms with van der Waals surface area (Å²) in [5, 5.41) is 0. The fraction of sp³-hybridized carbons (Fsp3) is 0.769. The number of hydrogen-bond acceptors (Lipinski definition) is 2. The van der Waals surface area contributed by atoms with E-state index in [1.165, 1.54) is 5.57 Å². The maximum Gasteiger partial charge on any atom is 0.0818 e. The third-order valence-electron chi connectivity index (χ3n) is 1.84. The molecule has 0 radical (unpaired) electrons. The van der Waals surface area contributed by atoms with Crippen LogP contribution >= 0.6 is 0 Å². The van der Waals surface area contributed by atoms with Crippen molar-refractivity contribution in [2.45, 2.75) is 48.0 Å². The van der Waals surface area contributed by atoms with Gasteiger partial charge >= 0.3 is 0 Å². The van der Waals surface area contributed by atoms with E-state index in [2.05, 4.69) is 32.7 Å². The smallest absolute Gasteiger partial charge is 0.0818 e. The number of rotatable bonds is 6. The molecule has 0 N–H and O–H groups in total. The van der Waals surface area contributed by atoms with Crippen LogP contribution in [0.3, 0.4) is 0 Å². The SMILES string of the molecule is CC.CCCOCC=N/C=C(\C)C(C)C. The van der Waals surface area contributed by atoms with Gasteiger partial charge in [-0.15, -0.1) is 0 Å². The van der Waals surface area contributed by atoms with Crippen LogP contribution in [0.2, 0.25) is 0 Å². The zero-order chi connectivity index (χ0) is 12.1. The molecule has 0 aliphatic carbocycles. The van der Waals surface area contributed by atoms with Crippen LogP contribution in [-0.4, -0.2) is 19.4 Å². The van der Waals surface area contributed by atoms with E-state index in [9.17, 15) is 0 Å². The highest BCUT2D eigenvalue weighted by Gasteiger charge is 1.92. The van der Waals surface area contributed by atoms with Crippen LogP contribution in [0.1, 0.15) is 48.0 Å². The van der Waals surface area contributed by atoms with Gasteiger partial charge in [-0.1, -0.05) is 40.2 Å². The molecular weight excluding hydrogens is 186 g/mol. The Labute approximate surface area is 95.4 Å². The van der Waals surface area contributed by atoms with Crippen molar-refractivity contribution < 1.29 is 4.74 Å². The average molecular weight is 213 g/mol. The first-order valence-corrected chi connectivity index (χ1v) is 5.94. The standard InChI is InChI=1S/C11H21NO.C2H6/c1-5-7-13-8-6-12-9-11(4)10(2)3;1-2/h6,9-10H,5,7-8H2,1-4H3;1-2H3/b11-9+,12-6?;. The fourth-order valence-corrected chi connectivity index (χ4v) is 0.643. The number of aliphatic imine (C=N–C) groups is 1. The van der Waals surface area contributed by atoms with Gasteiger partial charge in [-0.05, 0) is 19.3 Å². The normalized spacial score (nSPS) is 11.8. The number of allylic oxidation sites excluding steroid dienone is 1. The molecule has 0 aliphatic rings. The van der Waals surface area contributed by atoms with E-state index in [1.54, 1.807) is 0 Å². The van der Waals surface area contributed by atoms with Crippen LogP contribution in [-0.2, 0) is 4.74 Å². The highest BCUT2D eigenvalue weighted by atomic mass is 16.5. The van der Waals surface area contributed by atoms with Crippen LogP contribution in [0.5, 0.6) is 0 Å². The molecule has 0 fully saturated rings. The summed E-state index contributed by atoms with van der Waals surface area (Å²) in [5.74, 6) is 0.578. The second-order valence-corrected chi connectivity index (χ2v) is 3.43. The Morgan fingerprint density at radius 3 is 2.40 bits per heavy atom. The van der Waals surface area contributed by atoms with Gasteiger partial charge in [0.1, 0.15) is 0 Å². The molecule has 0 bridgehead atoms. The predicted octanol–water partition coefficient (Wildman–Crippen LogP) is 4.07. The van der Waals surface area contributed by atoms with Gasteiger partial charge in [-0.2, -0.15) is 0 Å². The Morgan fingerprint density at radius 1 is 1.33 bits per heavy atom. The molecule has 0 spiro atoms. The largest absolute Gasteiger partial charge is 0.376 e. The summed E-state index contributed by atoms with van der Waals surface area (Å²) in [6.45, 7) is 14.0. The molecule has 0 saturated heterocycles. The van der Waals surface area contributed by atoms with Crippen LogP contribution in [0.25, 0.3) is 0 Å². The van der Waals surface area contributed by atoms with Crippen molar-refractivity contribution in [2.24, 2.45) is 10.9 Å². The van der Waals surface area contributed by atoms with E-state index >= 15 is 0 Å². The minimum atomic E-state index is 0.578. The van der Waals surface area contributed by atoms with Crippen molar-refractivity contribution in [1.29, 1.82) is 0 Å². The van der Waals surface area contributed by atoms with Gasteiger partial charge in [-0.25, -0.2) is 0 Å². The third-order valence-corrected chi connectivity index (χ3v) is 1.84. The Hall–Kier alpha value is -0.630. The quantitative estimate of drug-likeness (QED) is 0.481. The second kappa shape index (κ2) is 13.4. The van der Waals surface area contributed by atoms with Crippen molar-refractivity contribution in [2.75, 3.05) is 13.2 Å². The first kappa shape index (κ1) is 16.8. The topological polar surface area (TPSA) is 21.6 Å². The van der Waals surface area contributed by atoms with E-state index in [0.717, 1.165) is 13.0 Å². The van der Waals surface area contributed by atoms with Crippen LogP contribution in [0.4, 0.5) is 0 Å². The monoisotopic (exact) mass is 213 g/mol. The molecule has 0 aromatic heterocycles. The Kier molecular flexibility index (Phi) is 15.0. The molecule has 0 aromatic rings. The Bertz CT molecular complexity index is 171. The molecule has 0 aliphatic heterocycles. The van der Waals surface area contributed by atoms with Crippen molar-refractivity contribution in [3.8, 4) is 0 Å². The molecule has 2 nitrogen and oxygen atoms in total. The molecule has 0 atom stereocenters. The Morgan fingerprint density at radius 2 is 1.93 bits per heavy atom. The summed E-state index contributed by atoms with van der Waals surface area (Å²) in [6.07, 6.45) is 4.77. The van der Waals surface area contributed by atoms with Crippen LogP contribution < -0.4 is 0 Å². The molecule has 2 heteroatoms. The summed E-state index contributed by atoms with van der Waals surface area (Å²) in [6, 6.07) is 0. The maximum absolute atomic E-state index is 5.25. The molecule has 0 heterocycles. The van der Waals surface area contributed by atoms with Crippen molar-refractivity contribution >= 4 is 6.21 Å². The first-order chi connectivity index (χ1) is 7.18. The summed E-state index contributed by atoms with van der Waals surface area (Å²) < 4.78 is 5.25. The van der Waals surface area contributed by atoms with Crippen LogP contribution in [0.15, 0.2) is 16.8 Å². The molecule has 0 saturated carbocycles. The summed E-state index contributed by atoms with van der Waals surface area (Å²) in [4.78, 5) is 4.15. The van der Waals surface area contributed by atoms with Gasteiger partial charge in [0, 0.05) is 19.0 Å². The van der Waals surface area contributed by atoms with E-state index in [0.29, 0.717) is 12.5 Å². The van der Waals surface area contributed by atoms with Gasteiger partial charge in [0.2, 0.25) is 0 Å². The van der Waals surface area contributed by atoms with Gasteiger partial charge < -0.3 is 4.74 Å². The second-order valence-electron chi connectivity index (χ2n) is 3.43. The summed E-state index contributed by atoms with van der Waals surface area (Å²) >= 11 is 0. The minimum Gasteiger partial charge on any atom is -0.376 e. The van der Waals surface area contributed by atoms with Crippen molar-refractivity contribution in [3.63, 3.8) is 0 Å². The lowest BCUT2D eigenvalue weighted by atomic mass is 10.1. The minimum absolute atomic E-state index is 0.578. The van der Waals surface area contributed by atoms with Crippen molar-refractivity contribution in [1.82, 2.24) is 0 Å². The molecule has 0 unspecified atom stereocenters. The molecule has 90 valence electrons. The highest BCUT2D eigenvalue weighted by molar-refractivity contribution is 5.59. The first-order valence-electron chi connectivity index (χ1n) is 5.94. The molecule has 0 rings (SSSR count). The van der Waals surface area contributed by atoms with Crippen molar-refractivity contribution in [3.05, 3.63) is 11.8 Å². The lowest BCUT2D eigenvalue weighted by Crippen LogP contribution is -1.95. The van der Waals surface area contributed by atoms with Gasteiger partial charge in [-0.3, -0.25) is 4.99 Å². The maximum atomic E-state index is 5.25. The highest BCUT2D eigenvalue weighted by Crippen LogP contribution is 2.06. The van der Waals surface area contributed by atoms with Gasteiger partial charge in [0.05, 0.1) is 6.61 Å². The lowest BCUT2D eigenvalue weighted by molar-refractivity contribution is 0.175. The van der Waals surface area contributed by atoms with E-state index in [1.807, 2.05) is 26.3 Å². The average Bonchev–Trinajstić information content (AvgIpc) is 2.25. The molecule has 0 aromatic carbocycles. The third kappa shape index (κ3) is 13.4. The lowest BCUT2D eigenvalue weighted by Gasteiger charge is -2.01. The zero-order valence-corrected chi connectivity index (χ0v) is 11.2. The van der Waals surface area contributed by atoms with E-state index in [-0.39, 0.29) is 0 Å². The zero-order valence-electron chi connectivity index (χ0n) is 11.2. The molecular formula is C13H27NO. The number of nitrogens with zero attached hydrogens (tertiary/aromatic N) is 1. The summed E-state index contributed by atoms with van der Waals surface area (Å²) in [7, 11) is 0. The fourth-order valence-electron chi connectivity index (χ4n) is 0.643.